The van der Waals surface area contributed by atoms with E-state index in [9.17, 15) is 0 Å². The van der Waals surface area contributed by atoms with Crippen molar-refractivity contribution in [2.75, 3.05) is 0 Å². The molecule has 0 aliphatic heterocycles. The highest BCUT2D eigenvalue weighted by molar-refractivity contribution is 6.19. The minimum atomic E-state index is 1.16. The van der Waals surface area contributed by atoms with Crippen LogP contribution in [-0.2, 0) is 0 Å². The van der Waals surface area contributed by atoms with Gasteiger partial charge in [-0.3, -0.25) is 0 Å². The summed E-state index contributed by atoms with van der Waals surface area (Å²) in [6.45, 7) is 0. The van der Waals surface area contributed by atoms with Crippen LogP contribution in [0.3, 0.4) is 0 Å². The van der Waals surface area contributed by atoms with E-state index in [0.29, 0.717) is 0 Å². The molecule has 2 aromatic heterocycles. The molecule has 0 spiro atoms. The van der Waals surface area contributed by atoms with Gasteiger partial charge in [-0.2, -0.15) is 0 Å². The third-order valence-electron chi connectivity index (χ3n) is 9.91. The van der Waals surface area contributed by atoms with E-state index in [-0.39, 0.29) is 0 Å². The topological polar surface area (TPSA) is 9.86 Å². The van der Waals surface area contributed by atoms with Gasteiger partial charge >= 0.3 is 0 Å². The number of hydrogen-bond acceptors (Lipinski definition) is 0. The Hall–Kier alpha value is -6.38. The fraction of sp³-hybridized carbons (Fsp3) is 0. The molecule has 0 unspecified atom stereocenters. The predicted octanol–water partition coefficient (Wildman–Crippen LogP) is 12.4. The lowest BCUT2D eigenvalue weighted by molar-refractivity contribution is 1.17. The van der Waals surface area contributed by atoms with E-state index in [2.05, 4.69) is 191 Å². The maximum atomic E-state index is 2.43. The van der Waals surface area contributed by atoms with Crippen LogP contribution in [0, 0.1) is 0 Å². The van der Waals surface area contributed by atoms with Gasteiger partial charge in [0.25, 0.3) is 0 Å². The van der Waals surface area contributed by atoms with Crippen molar-refractivity contribution in [2.24, 2.45) is 0 Å². The van der Waals surface area contributed by atoms with Gasteiger partial charge in [0, 0.05) is 32.9 Å². The van der Waals surface area contributed by atoms with Gasteiger partial charge in [-0.05, 0) is 87.6 Å². The third kappa shape index (κ3) is 4.13. The second-order valence-corrected chi connectivity index (χ2v) is 12.6. The van der Waals surface area contributed by atoms with Gasteiger partial charge in [0.15, 0.2) is 0 Å². The lowest BCUT2D eigenvalue weighted by Crippen LogP contribution is -1.95. The number of fused-ring (bicyclic) bond motifs is 7. The van der Waals surface area contributed by atoms with E-state index >= 15 is 0 Å². The van der Waals surface area contributed by atoms with Crippen molar-refractivity contribution < 1.29 is 0 Å². The largest absolute Gasteiger partial charge is 0.309 e. The third-order valence-corrected chi connectivity index (χ3v) is 9.91. The Morgan fingerprint density at radius 1 is 0.250 bits per heavy atom. The Balaban J connectivity index is 1.16. The van der Waals surface area contributed by atoms with Crippen LogP contribution in [0.25, 0.3) is 88.0 Å². The van der Waals surface area contributed by atoms with Crippen molar-refractivity contribution in [3.05, 3.63) is 182 Å². The summed E-state index contributed by atoms with van der Waals surface area (Å²) in [4.78, 5) is 0. The molecule has 0 aliphatic carbocycles. The molecule has 2 heterocycles. The standard InChI is InChI=1S/C46H30N2/c1-2-10-31(11-3-1)33-20-24-37(25-21-33)47-43-16-8-6-14-39(43)41-30-46-42(29-45(41)47)40-15-7-9-17-44(40)48(46)38-26-22-34(23-27-38)36-19-18-32-12-4-5-13-35(32)28-36/h1-30H. The molecule has 0 bridgehead atoms. The van der Waals surface area contributed by atoms with Crippen molar-refractivity contribution in [1.29, 1.82) is 0 Å². The first-order valence-electron chi connectivity index (χ1n) is 16.5. The predicted molar refractivity (Wildman–Crippen MR) is 203 cm³/mol. The Kier molecular flexibility index (Phi) is 5.91. The Morgan fingerprint density at radius 3 is 1.27 bits per heavy atom. The summed E-state index contributed by atoms with van der Waals surface area (Å²) in [6.07, 6.45) is 0. The van der Waals surface area contributed by atoms with Crippen LogP contribution in [-0.4, -0.2) is 9.13 Å². The molecule has 0 fully saturated rings. The molecule has 0 amide bonds. The Labute approximate surface area is 278 Å². The highest BCUT2D eigenvalue weighted by Gasteiger charge is 2.18. The van der Waals surface area contributed by atoms with Crippen LogP contribution in [0.4, 0.5) is 0 Å². The number of hydrogen-bond donors (Lipinski definition) is 0. The van der Waals surface area contributed by atoms with E-state index in [4.69, 9.17) is 0 Å². The maximum absolute atomic E-state index is 2.43. The molecule has 48 heavy (non-hydrogen) atoms. The monoisotopic (exact) mass is 610 g/mol. The van der Waals surface area contributed by atoms with Crippen LogP contribution in [0.15, 0.2) is 182 Å². The molecule has 10 aromatic rings. The van der Waals surface area contributed by atoms with E-state index < -0.39 is 0 Å². The summed E-state index contributed by atoms with van der Waals surface area (Å²) < 4.78 is 4.85. The van der Waals surface area contributed by atoms with Crippen LogP contribution in [0.5, 0.6) is 0 Å². The average molecular weight is 611 g/mol. The molecule has 2 nitrogen and oxygen atoms in total. The average Bonchev–Trinajstić information content (AvgIpc) is 3.66. The molecule has 0 aliphatic rings. The maximum Gasteiger partial charge on any atom is 0.0548 e. The molecule has 8 aromatic carbocycles. The minimum absolute atomic E-state index is 1.16. The van der Waals surface area contributed by atoms with Gasteiger partial charge in [-0.15, -0.1) is 0 Å². The highest BCUT2D eigenvalue weighted by atomic mass is 15.0. The Bertz CT molecular complexity index is 2800. The van der Waals surface area contributed by atoms with Gasteiger partial charge in [0.2, 0.25) is 0 Å². The highest BCUT2D eigenvalue weighted by Crippen LogP contribution is 2.40. The van der Waals surface area contributed by atoms with Crippen LogP contribution < -0.4 is 0 Å². The van der Waals surface area contributed by atoms with Gasteiger partial charge < -0.3 is 9.13 Å². The molecule has 2 heteroatoms. The summed E-state index contributed by atoms with van der Waals surface area (Å²) in [6, 6.07) is 66.2. The fourth-order valence-corrected chi connectivity index (χ4v) is 7.59. The smallest absolute Gasteiger partial charge is 0.0548 e. The lowest BCUT2D eigenvalue weighted by Gasteiger charge is -2.11. The van der Waals surface area contributed by atoms with Crippen molar-refractivity contribution in [2.45, 2.75) is 0 Å². The van der Waals surface area contributed by atoms with Crippen molar-refractivity contribution >= 4 is 54.4 Å². The molecule has 0 atom stereocenters. The quantitative estimate of drug-likeness (QED) is 0.188. The van der Waals surface area contributed by atoms with Crippen molar-refractivity contribution in [1.82, 2.24) is 9.13 Å². The van der Waals surface area contributed by atoms with E-state index in [0.717, 1.165) is 11.4 Å². The first-order chi connectivity index (χ1) is 23.8. The summed E-state index contributed by atoms with van der Waals surface area (Å²) >= 11 is 0. The number of para-hydroxylation sites is 2. The lowest BCUT2D eigenvalue weighted by atomic mass is 10.0. The molecular formula is C46H30N2. The first kappa shape index (κ1) is 26.8. The molecule has 10 rings (SSSR count). The summed E-state index contributed by atoms with van der Waals surface area (Å²) in [5, 5.41) is 7.54. The summed E-state index contributed by atoms with van der Waals surface area (Å²) in [5.41, 5.74) is 12.1. The number of benzene rings is 8. The van der Waals surface area contributed by atoms with Crippen LogP contribution >= 0.6 is 0 Å². The number of nitrogens with zero attached hydrogens (tertiary/aromatic N) is 2. The zero-order valence-corrected chi connectivity index (χ0v) is 26.2. The molecular weight excluding hydrogens is 581 g/mol. The second-order valence-electron chi connectivity index (χ2n) is 12.6. The van der Waals surface area contributed by atoms with Crippen LogP contribution in [0.2, 0.25) is 0 Å². The zero-order valence-electron chi connectivity index (χ0n) is 26.2. The van der Waals surface area contributed by atoms with E-state index in [1.165, 1.54) is 76.6 Å². The fourth-order valence-electron chi connectivity index (χ4n) is 7.59. The van der Waals surface area contributed by atoms with E-state index in [1.54, 1.807) is 0 Å². The number of aromatic nitrogens is 2. The SMILES string of the molecule is c1ccc(-c2ccc(-n3c4ccccc4c4cc5c(cc43)c3ccccc3n5-c3ccc(-c4ccc5ccccc5c4)cc3)cc2)cc1. The number of rotatable bonds is 4. The van der Waals surface area contributed by atoms with Gasteiger partial charge in [0.05, 0.1) is 22.1 Å². The molecule has 0 saturated carbocycles. The summed E-state index contributed by atoms with van der Waals surface area (Å²) in [7, 11) is 0. The van der Waals surface area contributed by atoms with Crippen LogP contribution in [0.1, 0.15) is 0 Å². The molecule has 224 valence electrons. The van der Waals surface area contributed by atoms with Crippen molar-refractivity contribution in [3.63, 3.8) is 0 Å². The zero-order chi connectivity index (χ0) is 31.6. The normalized spacial score (nSPS) is 11.8. The molecule has 0 radical (unpaired) electrons. The molecule has 0 N–H and O–H groups in total. The van der Waals surface area contributed by atoms with Gasteiger partial charge in [-0.1, -0.05) is 127 Å². The van der Waals surface area contributed by atoms with Gasteiger partial charge in [-0.25, -0.2) is 0 Å². The Morgan fingerprint density at radius 2 is 0.688 bits per heavy atom. The summed E-state index contributed by atoms with van der Waals surface area (Å²) in [5.74, 6) is 0. The first-order valence-corrected chi connectivity index (χ1v) is 16.5. The molecule has 0 saturated heterocycles. The van der Waals surface area contributed by atoms with Gasteiger partial charge in [0.1, 0.15) is 0 Å². The second kappa shape index (κ2) is 10.6. The minimum Gasteiger partial charge on any atom is -0.309 e. The van der Waals surface area contributed by atoms with Crippen molar-refractivity contribution in [3.8, 4) is 33.6 Å². The van der Waals surface area contributed by atoms with E-state index in [1.807, 2.05) is 0 Å².